The van der Waals surface area contributed by atoms with Gasteiger partial charge in [0.1, 0.15) is 17.1 Å². The number of hydrogen-bond acceptors (Lipinski definition) is 6. The number of hydrogen-bond donors (Lipinski definition) is 1. The van der Waals surface area contributed by atoms with E-state index in [9.17, 15) is 0 Å². The number of halogens is 1. The molecule has 0 spiro atoms. The quantitative estimate of drug-likeness (QED) is 0.934. The van der Waals surface area contributed by atoms with Crippen LogP contribution in [-0.2, 0) is 4.74 Å². The molecule has 1 N–H and O–H groups in total. The zero-order valence-corrected chi connectivity index (χ0v) is 13.0. The van der Waals surface area contributed by atoms with E-state index >= 15 is 0 Å². The standard InChI is InChI=1S/C15H17ClN4O2/c1-21-11-2-3-13(19-15-12(16)9-17-10-18-15)14(8-11)20-4-6-22-7-5-20/h2-3,8-10H,4-7H2,1H3,(H,17,18,19). The number of aromatic nitrogens is 2. The number of morpholine rings is 1. The van der Waals surface area contributed by atoms with E-state index in [0.29, 0.717) is 24.1 Å². The van der Waals surface area contributed by atoms with Gasteiger partial charge in [0.2, 0.25) is 0 Å². The molecule has 1 saturated heterocycles. The first-order valence-electron chi connectivity index (χ1n) is 7.01. The van der Waals surface area contributed by atoms with E-state index in [0.717, 1.165) is 30.2 Å². The van der Waals surface area contributed by atoms with E-state index in [-0.39, 0.29) is 0 Å². The van der Waals surface area contributed by atoms with Gasteiger partial charge in [-0.05, 0) is 12.1 Å². The first kappa shape index (κ1) is 14.9. The highest BCUT2D eigenvalue weighted by molar-refractivity contribution is 6.32. The summed E-state index contributed by atoms with van der Waals surface area (Å²) in [6.07, 6.45) is 3.03. The smallest absolute Gasteiger partial charge is 0.152 e. The molecular formula is C15H17ClN4O2. The van der Waals surface area contributed by atoms with Gasteiger partial charge in [0.05, 0.1) is 37.9 Å². The van der Waals surface area contributed by atoms with Gasteiger partial charge in [-0.3, -0.25) is 0 Å². The molecule has 2 heterocycles. The van der Waals surface area contributed by atoms with Crippen LogP contribution in [-0.4, -0.2) is 43.4 Å². The van der Waals surface area contributed by atoms with Crippen LogP contribution in [0.5, 0.6) is 5.75 Å². The van der Waals surface area contributed by atoms with Crippen LogP contribution in [0.2, 0.25) is 5.02 Å². The van der Waals surface area contributed by atoms with Gasteiger partial charge in [-0.15, -0.1) is 0 Å². The number of ether oxygens (including phenoxy) is 2. The Morgan fingerprint density at radius 3 is 2.86 bits per heavy atom. The molecule has 116 valence electrons. The predicted molar refractivity (Wildman–Crippen MR) is 86.4 cm³/mol. The summed E-state index contributed by atoms with van der Waals surface area (Å²) in [7, 11) is 1.66. The van der Waals surface area contributed by atoms with Crippen molar-refractivity contribution in [2.24, 2.45) is 0 Å². The summed E-state index contributed by atoms with van der Waals surface area (Å²) in [4.78, 5) is 10.3. The Morgan fingerprint density at radius 2 is 2.14 bits per heavy atom. The lowest BCUT2D eigenvalue weighted by atomic mass is 10.2. The van der Waals surface area contributed by atoms with Gasteiger partial charge < -0.3 is 19.7 Å². The largest absolute Gasteiger partial charge is 0.497 e. The molecule has 0 bridgehead atoms. The normalized spacial score (nSPS) is 14.7. The SMILES string of the molecule is COc1ccc(Nc2ncncc2Cl)c(N2CCOCC2)c1. The van der Waals surface area contributed by atoms with Gasteiger partial charge in [-0.2, -0.15) is 0 Å². The van der Waals surface area contributed by atoms with Crippen LogP contribution >= 0.6 is 11.6 Å². The van der Waals surface area contributed by atoms with Crippen molar-refractivity contribution in [3.8, 4) is 5.75 Å². The van der Waals surface area contributed by atoms with Gasteiger partial charge in [0.15, 0.2) is 5.82 Å². The fraction of sp³-hybridized carbons (Fsp3) is 0.333. The van der Waals surface area contributed by atoms with Gasteiger partial charge >= 0.3 is 0 Å². The highest BCUT2D eigenvalue weighted by Gasteiger charge is 2.16. The molecule has 1 aliphatic heterocycles. The van der Waals surface area contributed by atoms with Crippen LogP contribution in [0.4, 0.5) is 17.2 Å². The molecule has 3 rings (SSSR count). The Hall–Kier alpha value is -2.05. The number of anilines is 3. The maximum Gasteiger partial charge on any atom is 0.152 e. The van der Waals surface area contributed by atoms with E-state index in [4.69, 9.17) is 21.1 Å². The van der Waals surface area contributed by atoms with E-state index < -0.39 is 0 Å². The number of nitrogens with zero attached hydrogens (tertiary/aromatic N) is 3. The van der Waals surface area contributed by atoms with Crippen LogP contribution in [0.25, 0.3) is 0 Å². The Balaban J connectivity index is 1.93. The lowest BCUT2D eigenvalue weighted by Gasteiger charge is -2.31. The fourth-order valence-corrected chi connectivity index (χ4v) is 2.49. The Kier molecular flexibility index (Phi) is 4.60. The van der Waals surface area contributed by atoms with Crippen LogP contribution in [0, 0.1) is 0 Å². The summed E-state index contributed by atoms with van der Waals surface area (Å²) < 4.78 is 10.8. The molecule has 0 saturated carbocycles. The second-order valence-electron chi connectivity index (χ2n) is 4.83. The minimum atomic E-state index is 0.478. The van der Waals surface area contributed by atoms with Crippen LogP contribution in [0.15, 0.2) is 30.7 Å². The molecule has 0 radical (unpaired) electrons. The molecule has 0 aliphatic carbocycles. The molecule has 0 unspecified atom stereocenters. The molecular weight excluding hydrogens is 304 g/mol. The van der Waals surface area contributed by atoms with Crippen molar-refractivity contribution >= 4 is 28.8 Å². The Morgan fingerprint density at radius 1 is 1.32 bits per heavy atom. The average molecular weight is 321 g/mol. The summed E-state index contributed by atoms with van der Waals surface area (Å²) in [5, 5.41) is 3.75. The van der Waals surface area contributed by atoms with Gasteiger partial charge in [0.25, 0.3) is 0 Å². The Labute approximate surface area is 134 Å². The van der Waals surface area contributed by atoms with Gasteiger partial charge in [-0.25, -0.2) is 9.97 Å². The molecule has 1 fully saturated rings. The monoisotopic (exact) mass is 320 g/mol. The highest BCUT2D eigenvalue weighted by atomic mass is 35.5. The zero-order chi connectivity index (χ0) is 15.4. The van der Waals surface area contributed by atoms with E-state index in [2.05, 4.69) is 20.2 Å². The van der Waals surface area contributed by atoms with E-state index in [1.807, 2.05) is 18.2 Å². The topological polar surface area (TPSA) is 59.5 Å². The van der Waals surface area contributed by atoms with Crippen molar-refractivity contribution in [3.05, 3.63) is 35.7 Å². The highest BCUT2D eigenvalue weighted by Crippen LogP contribution is 2.34. The van der Waals surface area contributed by atoms with E-state index in [1.54, 1.807) is 13.3 Å². The minimum Gasteiger partial charge on any atom is -0.497 e. The summed E-state index contributed by atoms with van der Waals surface area (Å²) in [6, 6.07) is 5.87. The molecule has 7 heteroatoms. The van der Waals surface area contributed by atoms with Crippen LogP contribution in [0.1, 0.15) is 0 Å². The molecule has 1 aromatic carbocycles. The molecule has 1 aromatic heterocycles. The predicted octanol–water partition coefficient (Wildman–Crippen LogP) is 2.72. The molecule has 0 atom stereocenters. The third-order valence-corrected chi connectivity index (χ3v) is 3.75. The third kappa shape index (κ3) is 3.23. The van der Waals surface area contributed by atoms with Gasteiger partial charge in [-0.1, -0.05) is 11.6 Å². The van der Waals surface area contributed by atoms with Crippen molar-refractivity contribution < 1.29 is 9.47 Å². The molecule has 0 amide bonds. The number of nitrogens with one attached hydrogen (secondary N) is 1. The van der Waals surface area contributed by atoms with Crippen LogP contribution in [0.3, 0.4) is 0 Å². The number of rotatable bonds is 4. The maximum absolute atomic E-state index is 6.13. The second-order valence-corrected chi connectivity index (χ2v) is 5.23. The van der Waals surface area contributed by atoms with Crippen molar-refractivity contribution in [3.63, 3.8) is 0 Å². The van der Waals surface area contributed by atoms with Crippen molar-refractivity contribution in [1.29, 1.82) is 0 Å². The Bertz CT molecular complexity index is 647. The number of benzene rings is 1. The second kappa shape index (κ2) is 6.81. The minimum absolute atomic E-state index is 0.478. The van der Waals surface area contributed by atoms with E-state index in [1.165, 1.54) is 6.33 Å². The summed E-state index contributed by atoms with van der Waals surface area (Å²) in [6.45, 7) is 3.09. The number of methoxy groups -OCH3 is 1. The average Bonchev–Trinajstić information content (AvgIpc) is 2.58. The summed E-state index contributed by atoms with van der Waals surface area (Å²) >= 11 is 6.13. The molecule has 2 aromatic rings. The molecule has 6 nitrogen and oxygen atoms in total. The van der Waals surface area contributed by atoms with Crippen molar-refractivity contribution in [2.45, 2.75) is 0 Å². The first-order chi connectivity index (χ1) is 10.8. The molecule has 22 heavy (non-hydrogen) atoms. The first-order valence-corrected chi connectivity index (χ1v) is 7.39. The fourth-order valence-electron chi connectivity index (χ4n) is 2.34. The lowest BCUT2D eigenvalue weighted by Crippen LogP contribution is -2.36. The lowest BCUT2D eigenvalue weighted by molar-refractivity contribution is 0.122. The van der Waals surface area contributed by atoms with Crippen LogP contribution < -0.4 is 15.0 Å². The maximum atomic E-state index is 6.13. The van der Waals surface area contributed by atoms with Crippen molar-refractivity contribution in [2.75, 3.05) is 43.6 Å². The van der Waals surface area contributed by atoms with Gasteiger partial charge in [0, 0.05) is 19.2 Å². The zero-order valence-electron chi connectivity index (χ0n) is 12.3. The summed E-state index contributed by atoms with van der Waals surface area (Å²) in [5.41, 5.74) is 1.96. The third-order valence-electron chi connectivity index (χ3n) is 3.48. The molecule has 1 aliphatic rings. The van der Waals surface area contributed by atoms with Crippen molar-refractivity contribution in [1.82, 2.24) is 9.97 Å². The summed E-state index contributed by atoms with van der Waals surface area (Å²) in [5.74, 6) is 1.39.